The SMILES string of the molecule is O=C1CC2(CCCCCC2)N(C(=O)CC2CC3CCC2C3)N1. The number of hydrogen-bond donors (Lipinski definition) is 1. The van der Waals surface area contributed by atoms with Crippen molar-refractivity contribution in [3.05, 3.63) is 0 Å². The molecule has 1 aliphatic heterocycles. The molecule has 3 unspecified atom stereocenters. The monoisotopic (exact) mass is 304 g/mol. The lowest BCUT2D eigenvalue weighted by Crippen LogP contribution is -2.52. The quantitative estimate of drug-likeness (QED) is 0.852. The first-order valence-corrected chi connectivity index (χ1v) is 9.29. The number of rotatable bonds is 2. The van der Waals surface area contributed by atoms with Gasteiger partial charge in [0.15, 0.2) is 0 Å². The molecule has 3 saturated carbocycles. The van der Waals surface area contributed by atoms with E-state index in [0.29, 0.717) is 18.8 Å². The normalized spacial score (nSPS) is 36.6. The van der Waals surface area contributed by atoms with E-state index in [2.05, 4.69) is 5.43 Å². The number of fused-ring (bicyclic) bond motifs is 2. The van der Waals surface area contributed by atoms with Crippen LogP contribution in [0.1, 0.15) is 77.0 Å². The van der Waals surface area contributed by atoms with Crippen LogP contribution in [0, 0.1) is 17.8 Å². The van der Waals surface area contributed by atoms with Gasteiger partial charge in [-0.3, -0.25) is 15.0 Å². The van der Waals surface area contributed by atoms with Gasteiger partial charge in [0.2, 0.25) is 11.8 Å². The fourth-order valence-electron chi connectivity index (χ4n) is 5.72. The molecule has 1 N–H and O–H groups in total. The third-order valence-corrected chi connectivity index (χ3v) is 6.81. The van der Waals surface area contributed by atoms with Gasteiger partial charge in [-0.15, -0.1) is 0 Å². The molecule has 3 aliphatic carbocycles. The topological polar surface area (TPSA) is 49.4 Å². The molecule has 122 valence electrons. The van der Waals surface area contributed by atoms with E-state index in [-0.39, 0.29) is 17.4 Å². The fourth-order valence-corrected chi connectivity index (χ4v) is 5.72. The maximum Gasteiger partial charge on any atom is 0.241 e. The molecule has 4 fully saturated rings. The Kier molecular flexibility index (Phi) is 3.66. The Morgan fingerprint density at radius 3 is 2.55 bits per heavy atom. The van der Waals surface area contributed by atoms with Crippen LogP contribution in [0.25, 0.3) is 0 Å². The summed E-state index contributed by atoms with van der Waals surface area (Å²) < 4.78 is 0. The van der Waals surface area contributed by atoms with Gasteiger partial charge in [-0.25, -0.2) is 5.01 Å². The van der Waals surface area contributed by atoms with Crippen molar-refractivity contribution >= 4 is 11.8 Å². The minimum atomic E-state index is -0.206. The smallest absolute Gasteiger partial charge is 0.241 e. The molecule has 0 radical (unpaired) electrons. The van der Waals surface area contributed by atoms with Crippen molar-refractivity contribution < 1.29 is 9.59 Å². The number of carbonyl (C=O) groups excluding carboxylic acids is 2. The molecule has 2 amide bonds. The van der Waals surface area contributed by atoms with Crippen LogP contribution in [0.4, 0.5) is 0 Å². The van der Waals surface area contributed by atoms with E-state index in [1.807, 2.05) is 0 Å². The molecule has 0 aromatic heterocycles. The molecule has 4 heteroatoms. The summed E-state index contributed by atoms with van der Waals surface area (Å²) in [5.41, 5.74) is 2.70. The molecular formula is C18H28N2O2. The predicted octanol–water partition coefficient (Wildman–Crippen LogP) is 3.17. The Morgan fingerprint density at radius 2 is 1.91 bits per heavy atom. The first-order valence-electron chi connectivity index (χ1n) is 9.29. The molecule has 1 saturated heterocycles. The largest absolute Gasteiger partial charge is 0.273 e. The van der Waals surface area contributed by atoms with Gasteiger partial charge in [-0.2, -0.15) is 0 Å². The number of amides is 2. The summed E-state index contributed by atoms with van der Waals surface area (Å²) in [6, 6.07) is 0. The Bertz CT molecular complexity index is 468. The van der Waals surface area contributed by atoms with Crippen molar-refractivity contribution in [1.82, 2.24) is 10.4 Å². The number of hydrazine groups is 1. The van der Waals surface area contributed by atoms with Crippen LogP contribution in [-0.2, 0) is 9.59 Å². The molecule has 22 heavy (non-hydrogen) atoms. The van der Waals surface area contributed by atoms with E-state index < -0.39 is 0 Å². The van der Waals surface area contributed by atoms with E-state index in [1.54, 1.807) is 5.01 Å². The summed E-state index contributed by atoms with van der Waals surface area (Å²) in [6.07, 6.45) is 13.2. The molecule has 0 aromatic rings. The second-order valence-electron chi connectivity index (χ2n) is 8.22. The Labute approximate surface area is 133 Å². The molecule has 4 rings (SSSR count). The molecule has 1 heterocycles. The molecule has 0 aromatic carbocycles. The highest BCUT2D eigenvalue weighted by Crippen LogP contribution is 2.50. The van der Waals surface area contributed by atoms with E-state index >= 15 is 0 Å². The Morgan fingerprint density at radius 1 is 1.14 bits per heavy atom. The predicted molar refractivity (Wildman–Crippen MR) is 83.6 cm³/mol. The highest BCUT2D eigenvalue weighted by molar-refractivity contribution is 5.87. The van der Waals surface area contributed by atoms with Crippen molar-refractivity contribution in [2.45, 2.75) is 82.6 Å². The molecular weight excluding hydrogens is 276 g/mol. The third-order valence-electron chi connectivity index (χ3n) is 6.81. The van der Waals surface area contributed by atoms with E-state index in [4.69, 9.17) is 0 Å². The minimum absolute atomic E-state index is 0.0446. The summed E-state index contributed by atoms with van der Waals surface area (Å²) in [5.74, 6) is 2.46. The summed E-state index contributed by atoms with van der Waals surface area (Å²) in [4.78, 5) is 24.9. The summed E-state index contributed by atoms with van der Waals surface area (Å²) in [5, 5.41) is 1.78. The zero-order valence-corrected chi connectivity index (χ0v) is 13.5. The van der Waals surface area contributed by atoms with Gasteiger partial charge in [-0.1, -0.05) is 32.1 Å². The van der Waals surface area contributed by atoms with E-state index in [0.717, 1.165) is 37.5 Å². The zero-order valence-electron chi connectivity index (χ0n) is 13.5. The van der Waals surface area contributed by atoms with Gasteiger partial charge in [-0.05, 0) is 49.9 Å². The average Bonchev–Trinajstić information content (AvgIpc) is 3.12. The summed E-state index contributed by atoms with van der Waals surface area (Å²) in [7, 11) is 0. The van der Waals surface area contributed by atoms with Crippen molar-refractivity contribution in [1.29, 1.82) is 0 Å². The van der Waals surface area contributed by atoms with Gasteiger partial charge < -0.3 is 0 Å². The van der Waals surface area contributed by atoms with Crippen molar-refractivity contribution in [2.24, 2.45) is 17.8 Å². The number of nitrogens with zero attached hydrogens (tertiary/aromatic N) is 1. The maximum absolute atomic E-state index is 12.9. The second-order valence-corrected chi connectivity index (χ2v) is 8.22. The summed E-state index contributed by atoms with van der Waals surface area (Å²) in [6.45, 7) is 0. The zero-order chi connectivity index (χ0) is 15.2. The highest BCUT2D eigenvalue weighted by atomic mass is 16.2. The Hall–Kier alpha value is -1.06. The van der Waals surface area contributed by atoms with Crippen LogP contribution in [0.2, 0.25) is 0 Å². The lowest BCUT2D eigenvalue weighted by molar-refractivity contribution is -0.143. The van der Waals surface area contributed by atoms with Gasteiger partial charge in [0.25, 0.3) is 0 Å². The van der Waals surface area contributed by atoms with Crippen molar-refractivity contribution in [3.8, 4) is 0 Å². The minimum Gasteiger partial charge on any atom is -0.273 e. The van der Waals surface area contributed by atoms with Crippen molar-refractivity contribution in [3.63, 3.8) is 0 Å². The number of nitrogens with one attached hydrogen (secondary N) is 1. The standard InChI is InChI=1S/C18H28N2O2/c21-16-12-18(7-3-1-2-4-8-18)20(19-16)17(22)11-15-10-13-5-6-14(15)9-13/h13-15H,1-12H2,(H,19,21). The number of hydrogen-bond acceptors (Lipinski definition) is 2. The molecule has 1 spiro atoms. The molecule has 4 nitrogen and oxygen atoms in total. The molecule has 4 aliphatic rings. The van der Waals surface area contributed by atoms with Gasteiger partial charge in [0, 0.05) is 6.42 Å². The van der Waals surface area contributed by atoms with Crippen LogP contribution >= 0.6 is 0 Å². The van der Waals surface area contributed by atoms with Gasteiger partial charge >= 0.3 is 0 Å². The van der Waals surface area contributed by atoms with Crippen LogP contribution in [-0.4, -0.2) is 22.4 Å². The van der Waals surface area contributed by atoms with Crippen molar-refractivity contribution in [2.75, 3.05) is 0 Å². The first kappa shape index (κ1) is 14.5. The maximum atomic E-state index is 12.9. The third kappa shape index (κ3) is 2.44. The van der Waals surface area contributed by atoms with Crippen LogP contribution in [0.3, 0.4) is 0 Å². The fraction of sp³-hybridized carbons (Fsp3) is 0.889. The number of carbonyl (C=O) groups is 2. The first-order chi connectivity index (χ1) is 10.7. The van der Waals surface area contributed by atoms with E-state index in [1.165, 1.54) is 38.5 Å². The molecule has 2 bridgehead atoms. The lowest BCUT2D eigenvalue weighted by atomic mass is 9.84. The Balaban J connectivity index is 1.47. The van der Waals surface area contributed by atoms with E-state index in [9.17, 15) is 9.59 Å². The molecule has 3 atom stereocenters. The second kappa shape index (κ2) is 5.54. The summed E-state index contributed by atoms with van der Waals surface area (Å²) >= 11 is 0. The van der Waals surface area contributed by atoms with Crippen LogP contribution in [0.15, 0.2) is 0 Å². The van der Waals surface area contributed by atoms with Crippen LogP contribution < -0.4 is 5.43 Å². The average molecular weight is 304 g/mol. The highest BCUT2D eigenvalue weighted by Gasteiger charge is 2.49. The van der Waals surface area contributed by atoms with Gasteiger partial charge in [0.1, 0.15) is 0 Å². The van der Waals surface area contributed by atoms with Gasteiger partial charge in [0.05, 0.1) is 12.0 Å². The van der Waals surface area contributed by atoms with Crippen LogP contribution in [0.5, 0.6) is 0 Å². The lowest BCUT2D eigenvalue weighted by Gasteiger charge is -2.37.